The minimum atomic E-state index is -4.81. The number of halogens is 6. The molecule has 0 spiro atoms. The maximum absolute atomic E-state index is 12.8. The van der Waals surface area contributed by atoms with Gasteiger partial charge in [0, 0.05) is 11.7 Å². The summed E-state index contributed by atoms with van der Waals surface area (Å²) in [5, 5.41) is -2.03. The molecule has 1 aliphatic heterocycles. The Balaban J connectivity index is 2.87. The van der Waals surface area contributed by atoms with Crippen molar-refractivity contribution >= 4 is 0 Å². The smallest absolute Gasteiger partial charge is 0.221 e. The number of unbranched alkanes of at least 4 members (excludes halogenated alkanes) is 1. The second-order valence-electron chi connectivity index (χ2n) is 3.26. The maximum atomic E-state index is 12.8. The molecule has 90 valence electrons. The fourth-order valence-electron chi connectivity index (χ4n) is 1.29. The summed E-state index contributed by atoms with van der Waals surface area (Å²) in [6.45, 7) is 0.994. The molecule has 0 aromatic rings. The Morgan fingerprint density at radius 1 is 1.20 bits per heavy atom. The molecule has 0 aromatic heterocycles. The minimum absolute atomic E-state index is 0.0833. The van der Waals surface area contributed by atoms with Gasteiger partial charge < -0.3 is 0 Å². The van der Waals surface area contributed by atoms with E-state index < -0.39 is 35.1 Å². The van der Waals surface area contributed by atoms with Crippen molar-refractivity contribution in [2.45, 2.75) is 38.3 Å². The average Bonchev–Trinajstić information content (AvgIpc) is 2.25. The van der Waals surface area contributed by atoms with Gasteiger partial charge in [0.15, 0.2) is 0 Å². The van der Waals surface area contributed by atoms with Crippen LogP contribution < -0.4 is 0 Å². The lowest BCUT2D eigenvalue weighted by Gasteiger charge is -2.23. The van der Waals surface area contributed by atoms with Gasteiger partial charge in [-0.25, -0.2) is 4.39 Å². The first kappa shape index (κ1) is 12.6. The molecule has 0 saturated carbocycles. The molecule has 0 aliphatic carbocycles. The van der Waals surface area contributed by atoms with Gasteiger partial charge in [0.25, 0.3) is 0 Å². The Kier molecular flexibility index (Phi) is 3.20. The van der Waals surface area contributed by atoms with E-state index in [1.807, 2.05) is 0 Å². The molecule has 1 rings (SSSR count). The summed E-state index contributed by atoms with van der Waals surface area (Å²) in [5.41, 5.74) is 0. The van der Waals surface area contributed by atoms with Gasteiger partial charge >= 0.3 is 12.2 Å². The first-order valence-electron chi connectivity index (χ1n) is 4.38. The third-order valence-electron chi connectivity index (χ3n) is 2.16. The third kappa shape index (κ3) is 1.80. The first-order valence-corrected chi connectivity index (χ1v) is 4.38. The van der Waals surface area contributed by atoms with Crippen molar-refractivity contribution in [1.82, 2.24) is 10.0 Å². The highest BCUT2D eigenvalue weighted by Crippen LogP contribution is 2.47. The third-order valence-corrected chi connectivity index (χ3v) is 2.16. The summed E-state index contributed by atoms with van der Waals surface area (Å²) in [7, 11) is 0. The van der Waals surface area contributed by atoms with Gasteiger partial charge in [-0.2, -0.15) is 22.5 Å². The minimum Gasteiger partial charge on any atom is -0.221 e. The highest BCUT2D eigenvalue weighted by Gasteiger charge is 2.72. The maximum Gasteiger partial charge on any atom is 0.402 e. The van der Waals surface area contributed by atoms with Crippen molar-refractivity contribution < 1.29 is 26.4 Å². The lowest BCUT2D eigenvalue weighted by molar-refractivity contribution is -0.337. The molecular formula is C7H10F6N2. The molecule has 1 heterocycles. The quantitative estimate of drug-likeness (QED) is 0.422. The molecular weight excluding hydrogens is 226 g/mol. The summed E-state index contributed by atoms with van der Waals surface area (Å²) in [4.78, 5) is -0.476. The fourth-order valence-corrected chi connectivity index (χ4v) is 1.29. The first-order chi connectivity index (χ1) is 6.76. The van der Waals surface area contributed by atoms with E-state index in [0.717, 1.165) is 0 Å². The SMILES string of the molecule is CCCCN1C(F)C(F)(F)N(F)C1(F)F. The van der Waals surface area contributed by atoms with E-state index >= 15 is 0 Å². The molecule has 1 fully saturated rings. The predicted octanol–water partition coefficient (Wildman–Crippen LogP) is 2.73. The Labute approximate surface area is 82.4 Å². The zero-order valence-corrected chi connectivity index (χ0v) is 7.86. The molecule has 0 N–H and O–H groups in total. The van der Waals surface area contributed by atoms with Crippen LogP contribution in [0.2, 0.25) is 0 Å². The Bertz CT molecular complexity index is 234. The van der Waals surface area contributed by atoms with E-state index in [2.05, 4.69) is 0 Å². The molecule has 0 bridgehead atoms. The second-order valence-corrected chi connectivity index (χ2v) is 3.26. The molecule has 1 atom stereocenters. The van der Waals surface area contributed by atoms with Crippen molar-refractivity contribution in [2.75, 3.05) is 6.54 Å². The molecule has 8 heteroatoms. The van der Waals surface area contributed by atoms with Crippen molar-refractivity contribution in [3.63, 3.8) is 0 Å². The highest BCUT2D eigenvalue weighted by atomic mass is 19.3. The van der Waals surface area contributed by atoms with E-state index in [1.54, 1.807) is 6.92 Å². The molecule has 15 heavy (non-hydrogen) atoms. The van der Waals surface area contributed by atoms with Crippen LogP contribution in [0.3, 0.4) is 0 Å². The summed E-state index contributed by atoms with van der Waals surface area (Å²) >= 11 is 0. The predicted molar refractivity (Wildman–Crippen MR) is 39.4 cm³/mol. The Morgan fingerprint density at radius 3 is 2.07 bits per heavy atom. The Morgan fingerprint density at radius 2 is 1.73 bits per heavy atom. The van der Waals surface area contributed by atoms with Crippen LogP contribution in [-0.2, 0) is 0 Å². The second kappa shape index (κ2) is 3.82. The molecule has 1 aliphatic rings. The number of hydrogen-bond donors (Lipinski definition) is 0. The van der Waals surface area contributed by atoms with Gasteiger partial charge in [0.1, 0.15) is 0 Å². The van der Waals surface area contributed by atoms with Crippen LogP contribution in [0.15, 0.2) is 0 Å². The topological polar surface area (TPSA) is 6.48 Å². The van der Waals surface area contributed by atoms with Crippen LogP contribution in [0, 0.1) is 0 Å². The molecule has 1 saturated heterocycles. The molecule has 2 nitrogen and oxygen atoms in total. The van der Waals surface area contributed by atoms with Gasteiger partial charge in [-0.15, -0.1) is 4.48 Å². The van der Waals surface area contributed by atoms with Crippen molar-refractivity contribution in [3.8, 4) is 0 Å². The van der Waals surface area contributed by atoms with E-state index in [0.29, 0.717) is 6.42 Å². The van der Waals surface area contributed by atoms with Crippen molar-refractivity contribution in [3.05, 3.63) is 0 Å². The van der Waals surface area contributed by atoms with Gasteiger partial charge in [-0.05, 0) is 6.42 Å². The number of alkyl halides is 5. The number of hydrogen-bond acceptors (Lipinski definition) is 2. The van der Waals surface area contributed by atoms with Gasteiger partial charge in [-0.3, -0.25) is 0 Å². The fraction of sp³-hybridized carbons (Fsp3) is 1.00. The standard InChI is InChI=1S/C7H10F6N2/c1-2-3-4-14-5(8)6(9,10)15(13)7(14,11)12/h5H,2-4H2,1H3. The molecule has 0 amide bonds. The van der Waals surface area contributed by atoms with E-state index in [4.69, 9.17) is 0 Å². The molecule has 0 radical (unpaired) electrons. The van der Waals surface area contributed by atoms with Crippen LogP contribution in [0.5, 0.6) is 0 Å². The van der Waals surface area contributed by atoms with Crippen LogP contribution in [0.1, 0.15) is 19.8 Å². The van der Waals surface area contributed by atoms with Crippen LogP contribution in [0.4, 0.5) is 26.4 Å². The van der Waals surface area contributed by atoms with Gasteiger partial charge in [-0.1, -0.05) is 13.3 Å². The van der Waals surface area contributed by atoms with Crippen LogP contribution in [-0.4, -0.2) is 35.1 Å². The lowest BCUT2D eigenvalue weighted by Crippen LogP contribution is -2.44. The van der Waals surface area contributed by atoms with E-state index in [-0.39, 0.29) is 6.42 Å². The zero-order valence-electron chi connectivity index (χ0n) is 7.86. The van der Waals surface area contributed by atoms with Gasteiger partial charge in [0.05, 0.1) is 0 Å². The number of rotatable bonds is 3. The van der Waals surface area contributed by atoms with Crippen molar-refractivity contribution in [2.24, 2.45) is 0 Å². The lowest BCUT2D eigenvalue weighted by atomic mass is 10.3. The van der Waals surface area contributed by atoms with Crippen molar-refractivity contribution in [1.29, 1.82) is 0 Å². The van der Waals surface area contributed by atoms with Crippen LogP contribution in [0.25, 0.3) is 0 Å². The Hall–Kier alpha value is -0.500. The van der Waals surface area contributed by atoms with Crippen LogP contribution >= 0.6 is 0 Å². The summed E-state index contributed by atoms with van der Waals surface area (Å²) in [6.07, 6.45) is -7.43. The van der Waals surface area contributed by atoms with E-state index in [1.165, 1.54) is 0 Å². The van der Waals surface area contributed by atoms with Gasteiger partial charge in [0.2, 0.25) is 6.30 Å². The highest BCUT2D eigenvalue weighted by molar-refractivity contribution is 4.88. The largest absolute Gasteiger partial charge is 0.402 e. The summed E-state index contributed by atoms with van der Waals surface area (Å²) in [6, 6.07) is -4.81. The number of nitrogens with zero attached hydrogens (tertiary/aromatic N) is 2. The normalized spacial score (nSPS) is 31.0. The van der Waals surface area contributed by atoms with E-state index in [9.17, 15) is 26.4 Å². The summed E-state index contributed by atoms with van der Waals surface area (Å²) < 4.78 is 76.1. The molecule has 1 unspecified atom stereocenters. The average molecular weight is 236 g/mol. The monoisotopic (exact) mass is 236 g/mol. The zero-order chi connectivity index (χ0) is 11.9. The summed E-state index contributed by atoms with van der Waals surface area (Å²) in [5.74, 6) is 0. The molecule has 0 aromatic carbocycles.